The van der Waals surface area contributed by atoms with Gasteiger partial charge in [-0.05, 0) is 24.3 Å². The molecule has 0 saturated carbocycles. The van der Waals surface area contributed by atoms with Gasteiger partial charge in [-0.3, -0.25) is 0 Å². The number of rotatable bonds is 6. The van der Waals surface area contributed by atoms with Gasteiger partial charge in [-0.2, -0.15) is 0 Å². The van der Waals surface area contributed by atoms with E-state index in [1.54, 1.807) is 6.08 Å². The first kappa shape index (κ1) is 11.0. The van der Waals surface area contributed by atoms with E-state index in [0.29, 0.717) is 12.7 Å². The van der Waals surface area contributed by atoms with Gasteiger partial charge in [-0.15, -0.1) is 0 Å². The first-order valence-electron chi connectivity index (χ1n) is 5.46. The van der Waals surface area contributed by atoms with E-state index >= 15 is 0 Å². The minimum atomic E-state index is 0.418. The van der Waals surface area contributed by atoms with Gasteiger partial charge in [0.1, 0.15) is 12.4 Å². The average molecular weight is 219 g/mol. The molecular weight excluding hydrogens is 202 g/mol. The van der Waals surface area contributed by atoms with Crippen molar-refractivity contribution in [1.82, 2.24) is 0 Å². The van der Waals surface area contributed by atoms with Crippen LogP contribution in [0.4, 0.5) is 5.69 Å². The molecule has 1 aliphatic heterocycles. The lowest BCUT2D eigenvalue weighted by molar-refractivity contribution is 0.363. The molecule has 2 rings (SSSR count). The maximum atomic E-state index is 5.42. The predicted molar refractivity (Wildman–Crippen MR) is 65.1 cm³/mol. The molecule has 0 aliphatic carbocycles. The third-order valence-electron chi connectivity index (χ3n) is 2.53. The second kappa shape index (κ2) is 5.03. The van der Waals surface area contributed by atoms with Crippen LogP contribution in [0.3, 0.4) is 0 Å². The summed E-state index contributed by atoms with van der Waals surface area (Å²) in [6, 6.07) is 8.06. The summed E-state index contributed by atoms with van der Waals surface area (Å²) in [5.41, 5.74) is 1.18. The fraction of sp³-hybridized carbons (Fsp3) is 0.385. The highest BCUT2D eigenvalue weighted by Crippen LogP contribution is 2.20. The molecule has 1 unspecified atom stereocenters. The predicted octanol–water partition coefficient (Wildman–Crippen LogP) is 2.09. The SMILES string of the molecule is C=CCOc1ccc(N(C)CC2CO2)cc1. The van der Waals surface area contributed by atoms with Gasteiger partial charge in [-0.1, -0.05) is 12.7 Å². The van der Waals surface area contributed by atoms with Gasteiger partial charge in [0.15, 0.2) is 0 Å². The Morgan fingerprint density at radius 1 is 1.50 bits per heavy atom. The number of hydrogen-bond acceptors (Lipinski definition) is 3. The number of nitrogens with zero attached hydrogens (tertiary/aromatic N) is 1. The van der Waals surface area contributed by atoms with Crippen LogP contribution in [0.2, 0.25) is 0 Å². The second-order valence-electron chi connectivity index (χ2n) is 3.93. The van der Waals surface area contributed by atoms with Crippen LogP contribution in [0.15, 0.2) is 36.9 Å². The van der Waals surface area contributed by atoms with Crippen LogP contribution in [0.5, 0.6) is 5.75 Å². The Morgan fingerprint density at radius 3 is 2.75 bits per heavy atom. The van der Waals surface area contributed by atoms with Crippen molar-refractivity contribution >= 4 is 5.69 Å². The first-order chi connectivity index (χ1) is 7.79. The molecule has 3 heteroatoms. The first-order valence-corrected chi connectivity index (χ1v) is 5.46. The summed E-state index contributed by atoms with van der Waals surface area (Å²) in [5.74, 6) is 0.875. The number of hydrogen-bond donors (Lipinski definition) is 0. The summed E-state index contributed by atoms with van der Waals surface area (Å²) < 4.78 is 10.6. The van der Waals surface area contributed by atoms with Gasteiger partial charge < -0.3 is 14.4 Å². The van der Waals surface area contributed by atoms with Crippen molar-refractivity contribution in [1.29, 1.82) is 0 Å². The minimum Gasteiger partial charge on any atom is -0.490 e. The monoisotopic (exact) mass is 219 g/mol. The highest BCUT2D eigenvalue weighted by Gasteiger charge is 2.24. The van der Waals surface area contributed by atoms with Crippen LogP contribution in [0, 0.1) is 0 Å². The van der Waals surface area contributed by atoms with Crippen LogP contribution in [0.1, 0.15) is 0 Å². The van der Waals surface area contributed by atoms with E-state index in [1.165, 1.54) is 5.69 Å². The fourth-order valence-electron chi connectivity index (χ4n) is 1.54. The van der Waals surface area contributed by atoms with E-state index in [9.17, 15) is 0 Å². The molecule has 1 atom stereocenters. The Bertz CT molecular complexity index is 343. The maximum absolute atomic E-state index is 5.42. The quantitative estimate of drug-likeness (QED) is 0.541. The molecule has 0 amide bonds. The molecular formula is C13H17NO2. The molecule has 1 aliphatic rings. The summed E-state index contributed by atoms with van der Waals surface area (Å²) in [6.45, 7) is 6.01. The molecule has 3 nitrogen and oxygen atoms in total. The summed E-state index contributed by atoms with van der Waals surface area (Å²) in [4.78, 5) is 2.19. The third kappa shape index (κ3) is 3.00. The van der Waals surface area contributed by atoms with Crippen LogP contribution >= 0.6 is 0 Å². The number of benzene rings is 1. The van der Waals surface area contributed by atoms with Crippen LogP contribution in [-0.4, -0.2) is 32.9 Å². The zero-order valence-corrected chi connectivity index (χ0v) is 9.56. The number of anilines is 1. The Kier molecular flexibility index (Phi) is 3.47. The molecule has 0 radical (unpaired) electrons. The standard InChI is InChI=1S/C13H17NO2/c1-3-8-15-12-6-4-11(5-7-12)14(2)9-13-10-16-13/h3-7,13H,1,8-10H2,2H3. The summed E-state index contributed by atoms with van der Waals surface area (Å²) in [6.07, 6.45) is 2.16. The zero-order chi connectivity index (χ0) is 11.4. The molecule has 1 aromatic carbocycles. The summed E-state index contributed by atoms with van der Waals surface area (Å²) >= 11 is 0. The molecule has 0 aromatic heterocycles. The van der Waals surface area contributed by atoms with E-state index < -0.39 is 0 Å². The minimum absolute atomic E-state index is 0.418. The van der Waals surface area contributed by atoms with E-state index in [4.69, 9.17) is 9.47 Å². The van der Waals surface area contributed by atoms with Crippen LogP contribution in [0.25, 0.3) is 0 Å². The summed E-state index contributed by atoms with van der Waals surface area (Å²) in [5, 5.41) is 0. The molecule has 1 heterocycles. The van der Waals surface area contributed by atoms with E-state index in [-0.39, 0.29) is 0 Å². The largest absolute Gasteiger partial charge is 0.490 e. The Balaban J connectivity index is 1.91. The van der Waals surface area contributed by atoms with E-state index in [1.807, 2.05) is 12.1 Å². The topological polar surface area (TPSA) is 25.0 Å². The normalized spacial score (nSPS) is 17.9. The van der Waals surface area contributed by atoms with Crippen LogP contribution in [-0.2, 0) is 4.74 Å². The lowest BCUT2D eigenvalue weighted by Gasteiger charge is -2.18. The van der Waals surface area contributed by atoms with E-state index in [2.05, 4.69) is 30.7 Å². The number of likely N-dealkylation sites (N-methyl/N-ethyl adjacent to an activating group) is 1. The van der Waals surface area contributed by atoms with E-state index in [0.717, 1.165) is 18.9 Å². The molecule has 1 aromatic rings. The van der Waals surface area contributed by atoms with Gasteiger partial charge in [-0.25, -0.2) is 0 Å². The van der Waals surface area contributed by atoms with Crippen molar-refractivity contribution in [2.75, 3.05) is 31.7 Å². The lowest BCUT2D eigenvalue weighted by Crippen LogP contribution is -2.22. The summed E-state index contributed by atoms with van der Waals surface area (Å²) in [7, 11) is 2.07. The maximum Gasteiger partial charge on any atom is 0.119 e. The second-order valence-corrected chi connectivity index (χ2v) is 3.93. The smallest absolute Gasteiger partial charge is 0.119 e. The van der Waals surface area contributed by atoms with Crippen molar-refractivity contribution in [3.63, 3.8) is 0 Å². The molecule has 86 valence electrons. The Hall–Kier alpha value is -1.48. The Morgan fingerprint density at radius 2 is 2.19 bits per heavy atom. The van der Waals surface area contributed by atoms with Crippen molar-refractivity contribution in [3.05, 3.63) is 36.9 Å². The van der Waals surface area contributed by atoms with Gasteiger partial charge >= 0.3 is 0 Å². The fourth-order valence-corrected chi connectivity index (χ4v) is 1.54. The number of ether oxygens (including phenoxy) is 2. The van der Waals surface area contributed by atoms with Gasteiger partial charge in [0.05, 0.1) is 12.7 Å². The van der Waals surface area contributed by atoms with Gasteiger partial charge in [0.25, 0.3) is 0 Å². The zero-order valence-electron chi connectivity index (χ0n) is 9.56. The van der Waals surface area contributed by atoms with Crippen molar-refractivity contribution in [2.24, 2.45) is 0 Å². The highest BCUT2D eigenvalue weighted by molar-refractivity contribution is 5.48. The van der Waals surface area contributed by atoms with Crippen LogP contribution < -0.4 is 9.64 Å². The molecule has 16 heavy (non-hydrogen) atoms. The molecule has 0 bridgehead atoms. The molecule has 1 fully saturated rings. The molecule has 0 N–H and O–H groups in total. The van der Waals surface area contributed by atoms with Crippen molar-refractivity contribution < 1.29 is 9.47 Å². The average Bonchev–Trinajstić information content (AvgIpc) is 3.11. The lowest BCUT2D eigenvalue weighted by atomic mass is 10.2. The van der Waals surface area contributed by atoms with Crippen molar-refractivity contribution in [2.45, 2.75) is 6.10 Å². The molecule has 1 saturated heterocycles. The van der Waals surface area contributed by atoms with Gasteiger partial charge in [0, 0.05) is 19.3 Å². The number of epoxide rings is 1. The molecule has 0 spiro atoms. The van der Waals surface area contributed by atoms with Gasteiger partial charge in [0.2, 0.25) is 0 Å². The highest BCUT2D eigenvalue weighted by atomic mass is 16.6. The third-order valence-corrected chi connectivity index (χ3v) is 2.53. The van der Waals surface area contributed by atoms with Crippen molar-refractivity contribution in [3.8, 4) is 5.75 Å². The Labute approximate surface area is 96.3 Å².